The van der Waals surface area contributed by atoms with Gasteiger partial charge in [-0.15, -0.1) is 0 Å². The molecule has 3 nitrogen and oxygen atoms in total. The van der Waals surface area contributed by atoms with Gasteiger partial charge in [-0.25, -0.2) is 0 Å². The molecule has 0 N–H and O–H groups in total. The molecule has 5 heteroatoms. The van der Waals surface area contributed by atoms with Crippen LogP contribution >= 0.6 is 27.5 Å². The van der Waals surface area contributed by atoms with Crippen LogP contribution in [0.15, 0.2) is 18.2 Å². The summed E-state index contributed by atoms with van der Waals surface area (Å²) < 4.78 is 5.23. The van der Waals surface area contributed by atoms with Crippen molar-refractivity contribution in [3.05, 3.63) is 28.8 Å². The largest absolute Gasteiger partial charge is 0.496 e. The van der Waals surface area contributed by atoms with Gasteiger partial charge in [0, 0.05) is 22.9 Å². The van der Waals surface area contributed by atoms with E-state index in [0.29, 0.717) is 28.9 Å². The molecule has 98 valence electrons. The van der Waals surface area contributed by atoms with Crippen LogP contribution in [0.1, 0.15) is 23.2 Å². The molecule has 0 atom stereocenters. The first-order valence-electron chi connectivity index (χ1n) is 5.88. The van der Waals surface area contributed by atoms with Crippen molar-refractivity contribution in [2.24, 2.45) is 0 Å². The highest BCUT2D eigenvalue weighted by Crippen LogP contribution is 2.31. The Bertz CT molecular complexity index is 449. The number of halogens is 2. The van der Waals surface area contributed by atoms with Crippen molar-refractivity contribution in [1.82, 2.24) is 4.90 Å². The summed E-state index contributed by atoms with van der Waals surface area (Å²) in [6.45, 7) is 0.708. The number of hydrogen-bond acceptors (Lipinski definition) is 2. The molecule has 2 rings (SSSR count). The van der Waals surface area contributed by atoms with Gasteiger partial charge >= 0.3 is 0 Å². The molecule has 0 bridgehead atoms. The number of ether oxygens (including phenoxy) is 1. The zero-order chi connectivity index (χ0) is 13.1. The number of rotatable bonds is 5. The van der Waals surface area contributed by atoms with Crippen LogP contribution in [-0.4, -0.2) is 35.8 Å². The number of alkyl halides is 1. The fraction of sp³-hybridized carbons (Fsp3) is 0.462. The molecule has 0 aromatic heterocycles. The third-order valence-electron chi connectivity index (χ3n) is 2.97. The molecule has 0 aliphatic heterocycles. The van der Waals surface area contributed by atoms with Crippen molar-refractivity contribution in [1.29, 1.82) is 0 Å². The van der Waals surface area contributed by atoms with Crippen LogP contribution in [-0.2, 0) is 0 Å². The van der Waals surface area contributed by atoms with E-state index in [9.17, 15) is 4.79 Å². The van der Waals surface area contributed by atoms with Gasteiger partial charge in [-0.1, -0.05) is 27.5 Å². The molecule has 1 amide bonds. The molecule has 0 spiro atoms. The average Bonchev–Trinajstić information content (AvgIpc) is 3.19. The third-order valence-corrected chi connectivity index (χ3v) is 3.56. The van der Waals surface area contributed by atoms with E-state index in [1.54, 1.807) is 25.3 Å². The molecule has 0 radical (unpaired) electrons. The van der Waals surface area contributed by atoms with Crippen LogP contribution in [0, 0.1) is 0 Å². The van der Waals surface area contributed by atoms with Gasteiger partial charge in [-0.05, 0) is 31.0 Å². The normalized spacial score (nSPS) is 14.4. The van der Waals surface area contributed by atoms with Crippen LogP contribution < -0.4 is 4.74 Å². The van der Waals surface area contributed by atoms with Gasteiger partial charge in [0.25, 0.3) is 5.91 Å². The standard InChI is InChI=1S/C13H15BrClNO2/c1-18-12-5-2-9(15)8-11(12)13(17)16(7-6-14)10-3-4-10/h2,5,8,10H,3-4,6-7H2,1H3. The number of carbonyl (C=O) groups excluding carboxylic acids is 1. The quantitative estimate of drug-likeness (QED) is 0.774. The number of nitrogens with zero attached hydrogens (tertiary/aromatic N) is 1. The second-order valence-electron chi connectivity index (χ2n) is 4.26. The Morgan fingerprint density at radius 2 is 2.28 bits per heavy atom. The number of benzene rings is 1. The van der Waals surface area contributed by atoms with E-state index < -0.39 is 0 Å². The van der Waals surface area contributed by atoms with Gasteiger partial charge in [0.05, 0.1) is 12.7 Å². The summed E-state index contributed by atoms with van der Waals surface area (Å²) in [5.41, 5.74) is 0.540. The number of hydrogen-bond donors (Lipinski definition) is 0. The van der Waals surface area contributed by atoms with Crippen LogP contribution in [0.4, 0.5) is 0 Å². The predicted octanol–water partition coefficient (Wildman–Crippen LogP) is 3.35. The second-order valence-corrected chi connectivity index (χ2v) is 5.49. The van der Waals surface area contributed by atoms with Crippen LogP contribution in [0.2, 0.25) is 5.02 Å². The molecule has 1 aromatic rings. The predicted molar refractivity (Wildman–Crippen MR) is 75.9 cm³/mol. The molecule has 1 aliphatic carbocycles. The van der Waals surface area contributed by atoms with Crippen molar-refractivity contribution in [2.75, 3.05) is 19.0 Å². The summed E-state index contributed by atoms with van der Waals surface area (Å²) in [7, 11) is 1.56. The maximum absolute atomic E-state index is 12.5. The van der Waals surface area contributed by atoms with E-state index in [4.69, 9.17) is 16.3 Å². The Morgan fingerprint density at radius 3 is 2.83 bits per heavy atom. The molecular weight excluding hydrogens is 318 g/mol. The number of amides is 1. The first kappa shape index (κ1) is 13.7. The van der Waals surface area contributed by atoms with Crippen molar-refractivity contribution in [2.45, 2.75) is 18.9 Å². The van der Waals surface area contributed by atoms with E-state index in [1.165, 1.54) is 0 Å². The first-order valence-corrected chi connectivity index (χ1v) is 7.37. The van der Waals surface area contributed by atoms with E-state index >= 15 is 0 Å². The van der Waals surface area contributed by atoms with E-state index in [1.807, 2.05) is 4.90 Å². The second kappa shape index (κ2) is 5.93. The first-order chi connectivity index (χ1) is 8.67. The molecule has 1 aliphatic rings. The maximum Gasteiger partial charge on any atom is 0.257 e. The third kappa shape index (κ3) is 2.98. The van der Waals surface area contributed by atoms with Crippen molar-refractivity contribution >= 4 is 33.4 Å². The molecular formula is C13H15BrClNO2. The zero-order valence-corrected chi connectivity index (χ0v) is 12.5. The van der Waals surface area contributed by atoms with Crippen molar-refractivity contribution in [3.63, 3.8) is 0 Å². The molecule has 0 unspecified atom stereocenters. The summed E-state index contributed by atoms with van der Waals surface area (Å²) >= 11 is 9.35. The van der Waals surface area contributed by atoms with Gasteiger partial charge in [0.1, 0.15) is 5.75 Å². The lowest BCUT2D eigenvalue weighted by molar-refractivity contribution is 0.0751. The Kier molecular flexibility index (Phi) is 4.51. The summed E-state index contributed by atoms with van der Waals surface area (Å²) in [4.78, 5) is 14.4. The minimum absolute atomic E-state index is 0.00343. The lowest BCUT2D eigenvalue weighted by Gasteiger charge is -2.22. The Hall–Kier alpha value is -0.740. The summed E-state index contributed by atoms with van der Waals surface area (Å²) in [5, 5.41) is 1.33. The van der Waals surface area contributed by atoms with E-state index in [2.05, 4.69) is 15.9 Å². The highest BCUT2D eigenvalue weighted by Gasteiger charge is 2.33. The van der Waals surface area contributed by atoms with Gasteiger partial charge in [-0.2, -0.15) is 0 Å². The fourth-order valence-electron chi connectivity index (χ4n) is 1.93. The van der Waals surface area contributed by atoms with Gasteiger partial charge in [0.15, 0.2) is 0 Å². The van der Waals surface area contributed by atoms with Crippen LogP contribution in [0.25, 0.3) is 0 Å². The van der Waals surface area contributed by atoms with Gasteiger partial charge in [-0.3, -0.25) is 4.79 Å². The van der Waals surface area contributed by atoms with Crippen LogP contribution in [0.5, 0.6) is 5.75 Å². The minimum Gasteiger partial charge on any atom is -0.496 e. The Morgan fingerprint density at radius 1 is 1.56 bits per heavy atom. The summed E-state index contributed by atoms with van der Waals surface area (Å²) in [6, 6.07) is 5.50. The van der Waals surface area contributed by atoms with Crippen molar-refractivity contribution in [3.8, 4) is 5.75 Å². The molecule has 0 heterocycles. The smallest absolute Gasteiger partial charge is 0.257 e. The molecule has 1 aromatic carbocycles. The summed E-state index contributed by atoms with van der Waals surface area (Å²) in [6.07, 6.45) is 2.17. The van der Waals surface area contributed by atoms with Gasteiger partial charge in [0.2, 0.25) is 0 Å². The van der Waals surface area contributed by atoms with Crippen LogP contribution in [0.3, 0.4) is 0 Å². The lowest BCUT2D eigenvalue weighted by atomic mass is 10.1. The maximum atomic E-state index is 12.5. The van der Waals surface area contributed by atoms with E-state index in [-0.39, 0.29) is 5.91 Å². The number of carbonyl (C=O) groups is 1. The molecule has 1 fully saturated rings. The fourth-order valence-corrected chi connectivity index (χ4v) is 2.48. The highest BCUT2D eigenvalue weighted by molar-refractivity contribution is 9.09. The topological polar surface area (TPSA) is 29.5 Å². The molecule has 18 heavy (non-hydrogen) atoms. The number of methoxy groups -OCH3 is 1. The Balaban J connectivity index is 2.28. The Labute approximate surface area is 120 Å². The molecule has 1 saturated carbocycles. The lowest BCUT2D eigenvalue weighted by Crippen LogP contribution is -2.34. The van der Waals surface area contributed by atoms with Gasteiger partial charge < -0.3 is 9.64 Å². The van der Waals surface area contributed by atoms with E-state index in [0.717, 1.165) is 18.2 Å². The monoisotopic (exact) mass is 331 g/mol. The minimum atomic E-state index is -0.00343. The average molecular weight is 333 g/mol. The highest BCUT2D eigenvalue weighted by atomic mass is 79.9. The summed E-state index contributed by atoms with van der Waals surface area (Å²) in [5.74, 6) is 0.570. The van der Waals surface area contributed by atoms with Crippen molar-refractivity contribution < 1.29 is 9.53 Å². The SMILES string of the molecule is COc1ccc(Cl)cc1C(=O)N(CCBr)C1CC1. The molecule has 0 saturated heterocycles. The zero-order valence-electron chi connectivity index (χ0n) is 10.2.